The highest BCUT2D eigenvalue weighted by molar-refractivity contribution is 9.09. The fourth-order valence-corrected chi connectivity index (χ4v) is 3.66. The largest absolute Gasteiger partial charge is 0.434 e. The molecule has 1 aromatic rings. The van der Waals surface area contributed by atoms with Crippen LogP contribution in [-0.2, 0) is 4.43 Å². The van der Waals surface area contributed by atoms with E-state index >= 15 is 0 Å². The number of alkyl halides is 3. The molecule has 0 saturated carbocycles. The smallest absolute Gasteiger partial charge is 0.387 e. The number of rotatable bonds is 6. The Labute approximate surface area is 135 Å². The monoisotopic (exact) mass is 380 g/mol. The van der Waals surface area contributed by atoms with Gasteiger partial charge in [-0.25, -0.2) is 0 Å². The van der Waals surface area contributed by atoms with E-state index in [4.69, 9.17) is 4.43 Å². The average Bonchev–Trinajstić information content (AvgIpc) is 2.35. The quantitative estimate of drug-likeness (QED) is 0.462. The molecule has 1 atom stereocenters. The van der Waals surface area contributed by atoms with Crippen LogP contribution in [0.4, 0.5) is 8.78 Å². The number of hydrogen-bond donors (Lipinski definition) is 0. The summed E-state index contributed by atoms with van der Waals surface area (Å²) in [6.07, 6.45) is -0.305. The topological polar surface area (TPSA) is 18.5 Å². The molecule has 0 aromatic heterocycles. The predicted octanol–water partition coefficient (Wildman–Crippen LogP) is 5.75. The molecule has 0 spiro atoms. The lowest BCUT2D eigenvalue weighted by molar-refractivity contribution is -0.0512. The first-order chi connectivity index (χ1) is 9.58. The molecule has 0 N–H and O–H groups in total. The molecule has 21 heavy (non-hydrogen) atoms. The van der Waals surface area contributed by atoms with Gasteiger partial charge in [-0.3, -0.25) is 0 Å². The standard InChI is InChI=1S/C15H23BrF2O2Si/c1-15(2,3)21(4,5)20-13(10-16)11-8-6-7-9-12(11)19-14(17)18/h6-9,13-14H,10H2,1-5H3. The van der Waals surface area contributed by atoms with E-state index in [9.17, 15) is 8.78 Å². The molecule has 0 aliphatic heterocycles. The predicted molar refractivity (Wildman–Crippen MR) is 87.9 cm³/mol. The van der Waals surface area contributed by atoms with Crippen molar-refractivity contribution in [2.75, 3.05) is 5.33 Å². The lowest BCUT2D eigenvalue weighted by atomic mass is 10.1. The van der Waals surface area contributed by atoms with E-state index in [0.29, 0.717) is 10.9 Å². The molecule has 0 amide bonds. The Morgan fingerprint density at radius 1 is 1.19 bits per heavy atom. The number of halogens is 3. The van der Waals surface area contributed by atoms with Crippen molar-refractivity contribution in [1.29, 1.82) is 0 Å². The van der Waals surface area contributed by atoms with Gasteiger partial charge in [-0.1, -0.05) is 54.9 Å². The van der Waals surface area contributed by atoms with E-state index < -0.39 is 14.9 Å². The molecule has 0 heterocycles. The molecular weight excluding hydrogens is 358 g/mol. The van der Waals surface area contributed by atoms with Gasteiger partial charge in [0.05, 0.1) is 6.10 Å². The van der Waals surface area contributed by atoms with Gasteiger partial charge in [0.1, 0.15) is 5.75 Å². The van der Waals surface area contributed by atoms with Crippen molar-refractivity contribution < 1.29 is 17.9 Å². The van der Waals surface area contributed by atoms with Crippen LogP contribution in [0, 0.1) is 0 Å². The Balaban J connectivity index is 3.06. The maximum atomic E-state index is 12.5. The van der Waals surface area contributed by atoms with Crippen molar-refractivity contribution in [1.82, 2.24) is 0 Å². The molecule has 2 nitrogen and oxygen atoms in total. The number of para-hydroxylation sites is 1. The van der Waals surface area contributed by atoms with Crippen molar-refractivity contribution in [3.63, 3.8) is 0 Å². The van der Waals surface area contributed by atoms with Crippen LogP contribution in [0.5, 0.6) is 5.75 Å². The van der Waals surface area contributed by atoms with Crippen LogP contribution in [0.15, 0.2) is 24.3 Å². The molecule has 0 radical (unpaired) electrons. The van der Waals surface area contributed by atoms with Crippen molar-refractivity contribution >= 4 is 24.2 Å². The minimum absolute atomic E-state index is 0.0476. The van der Waals surface area contributed by atoms with Crippen molar-refractivity contribution in [3.05, 3.63) is 29.8 Å². The van der Waals surface area contributed by atoms with E-state index in [0.717, 1.165) is 0 Å². The zero-order chi connectivity index (χ0) is 16.3. The Hall–Kier alpha value is -0.463. The molecule has 0 saturated heterocycles. The van der Waals surface area contributed by atoms with Gasteiger partial charge in [0.25, 0.3) is 0 Å². The summed E-state index contributed by atoms with van der Waals surface area (Å²) in [6, 6.07) is 6.81. The van der Waals surface area contributed by atoms with Crippen molar-refractivity contribution in [3.8, 4) is 5.75 Å². The van der Waals surface area contributed by atoms with E-state index in [1.807, 2.05) is 0 Å². The summed E-state index contributed by atoms with van der Waals surface area (Å²) < 4.78 is 36.0. The van der Waals surface area contributed by atoms with Crippen LogP contribution >= 0.6 is 15.9 Å². The summed E-state index contributed by atoms with van der Waals surface area (Å²) in [5.41, 5.74) is 0.652. The number of benzene rings is 1. The van der Waals surface area contributed by atoms with Gasteiger partial charge in [-0.15, -0.1) is 0 Å². The van der Waals surface area contributed by atoms with Crippen LogP contribution in [0.3, 0.4) is 0 Å². The lowest BCUT2D eigenvalue weighted by Crippen LogP contribution is -2.42. The van der Waals surface area contributed by atoms with E-state index in [1.54, 1.807) is 24.3 Å². The molecular formula is C15H23BrF2O2Si. The first-order valence-corrected chi connectivity index (χ1v) is 10.9. The zero-order valence-corrected chi connectivity index (χ0v) is 15.7. The molecule has 0 aliphatic rings. The Kier molecular flexibility index (Phi) is 6.37. The maximum Gasteiger partial charge on any atom is 0.387 e. The van der Waals surface area contributed by atoms with Gasteiger partial charge in [-0.2, -0.15) is 8.78 Å². The average molecular weight is 381 g/mol. The summed E-state index contributed by atoms with van der Waals surface area (Å²) in [6.45, 7) is 7.87. The summed E-state index contributed by atoms with van der Waals surface area (Å²) in [5, 5.41) is 0.578. The van der Waals surface area contributed by atoms with Crippen LogP contribution in [0.1, 0.15) is 32.4 Å². The Morgan fingerprint density at radius 2 is 1.76 bits per heavy atom. The first kappa shape index (κ1) is 18.6. The normalized spacial score (nSPS) is 14.3. The van der Waals surface area contributed by atoms with Gasteiger partial charge in [0.15, 0.2) is 8.32 Å². The van der Waals surface area contributed by atoms with Gasteiger partial charge in [0, 0.05) is 10.9 Å². The van der Waals surface area contributed by atoms with Crippen LogP contribution < -0.4 is 4.74 Å². The molecule has 0 fully saturated rings. The first-order valence-electron chi connectivity index (χ1n) is 6.86. The molecule has 0 bridgehead atoms. The van der Waals surface area contributed by atoms with Gasteiger partial charge in [-0.05, 0) is 24.2 Å². The second-order valence-corrected chi connectivity index (χ2v) is 11.8. The van der Waals surface area contributed by atoms with Crippen LogP contribution in [0.2, 0.25) is 18.1 Å². The minimum atomic E-state index is -2.84. The van der Waals surface area contributed by atoms with Crippen LogP contribution in [0.25, 0.3) is 0 Å². The molecule has 120 valence electrons. The van der Waals surface area contributed by atoms with E-state index in [-0.39, 0.29) is 16.9 Å². The summed E-state index contributed by atoms with van der Waals surface area (Å²) in [4.78, 5) is 0. The van der Waals surface area contributed by atoms with Gasteiger partial charge >= 0.3 is 6.61 Å². The van der Waals surface area contributed by atoms with Crippen molar-refractivity contribution in [2.24, 2.45) is 0 Å². The highest BCUT2D eigenvalue weighted by Crippen LogP contribution is 2.41. The second-order valence-electron chi connectivity index (χ2n) is 6.44. The van der Waals surface area contributed by atoms with Gasteiger partial charge < -0.3 is 9.16 Å². The third kappa shape index (κ3) is 5.04. The second kappa shape index (κ2) is 7.20. The lowest BCUT2D eigenvalue weighted by Gasteiger charge is -2.39. The molecule has 1 rings (SSSR count). The van der Waals surface area contributed by atoms with Crippen molar-refractivity contribution in [2.45, 2.75) is 51.6 Å². The Morgan fingerprint density at radius 3 is 2.24 bits per heavy atom. The minimum Gasteiger partial charge on any atom is -0.434 e. The molecule has 1 unspecified atom stereocenters. The van der Waals surface area contributed by atoms with E-state index in [1.165, 1.54) is 0 Å². The third-order valence-electron chi connectivity index (χ3n) is 3.87. The third-order valence-corrected chi connectivity index (χ3v) is 8.94. The highest BCUT2D eigenvalue weighted by Gasteiger charge is 2.39. The fourth-order valence-electron chi connectivity index (χ4n) is 1.66. The number of hydrogen-bond acceptors (Lipinski definition) is 2. The maximum absolute atomic E-state index is 12.5. The van der Waals surface area contributed by atoms with Gasteiger partial charge in [0.2, 0.25) is 0 Å². The SMILES string of the molecule is CC(C)(C)[Si](C)(C)OC(CBr)c1ccccc1OC(F)F. The molecule has 0 aliphatic carbocycles. The fraction of sp³-hybridized carbons (Fsp3) is 0.600. The molecule has 6 heteroatoms. The summed E-state index contributed by atoms with van der Waals surface area (Å²) >= 11 is 3.43. The molecule has 1 aromatic carbocycles. The Bertz CT molecular complexity index is 461. The highest BCUT2D eigenvalue weighted by atomic mass is 79.9. The van der Waals surface area contributed by atoms with E-state index in [2.05, 4.69) is 54.5 Å². The summed E-state index contributed by atoms with van der Waals surface area (Å²) in [7, 11) is -2.01. The zero-order valence-electron chi connectivity index (χ0n) is 13.1. The number of ether oxygens (including phenoxy) is 1. The summed E-state index contributed by atoms with van der Waals surface area (Å²) in [5.74, 6) is 0.177. The van der Waals surface area contributed by atoms with Crippen LogP contribution in [-0.4, -0.2) is 20.3 Å².